The van der Waals surface area contributed by atoms with E-state index < -0.39 is 0 Å². The summed E-state index contributed by atoms with van der Waals surface area (Å²) in [7, 11) is 0. The normalized spacial score (nSPS) is 14.2. The van der Waals surface area contributed by atoms with Crippen molar-refractivity contribution in [3.8, 4) is 5.75 Å². The number of allylic oxidation sites excluding steroid dienone is 1. The van der Waals surface area contributed by atoms with Crippen molar-refractivity contribution >= 4 is 11.6 Å². The molecule has 1 aliphatic carbocycles. The van der Waals surface area contributed by atoms with Gasteiger partial charge in [-0.3, -0.25) is 4.79 Å². The number of carbonyl (C=O) groups excluding carboxylic acids is 1. The average Bonchev–Trinajstić information content (AvgIpc) is 2.58. The monoisotopic (exact) mass is 316 g/mol. The number of anilines is 1. The molecule has 1 amide bonds. The van der Waals surface area contributed by atoms with Crippen LogP contribution in [0.3, 0.4) is 0 Å². The predicted molar refractivity (Wildman–Crippen MR) is 94.9 cm³/mol. The summed E-state index contributed by atoms with van der Waals surface area (Å²) in [5, 5.41) is 6.12. The largest absolute Gasteiger partial charge is 0.494 e. The van der Waals surface area contributed by atoms with Crippen molar-refractivity contribution in [3.05, 3.63) is 35.9 Å². The zero-order valence-corrected chi connectivity index (χ0v) is 14.1. The average molecular weight is 316 g/mol. The molecule has 1 aromatic rings. The standard InChI is InChI=1S/C19H28N2O2/c1-2-13-23-18-10-6-9-17(14-18)21-19(22)15-20-12-11-16-7-4-3-5-8-16/h6-7,9-10,14,20H,2-5,8,11-13,15H2,1H3,(H,21,22). The zero-order chi connectivity index (χ0) is 16.3. The van der Waals surface area contributed by atoms with Gasteiger partial charge in [0.15, 0.2) is 0 Å². The molecule has 4 heteroatoms. The van der Waals surface area contributed by atoms with Gasteiger partial charge in [-0.15, -0.1) is 0 Å². The van der Waals surface area contributed by atoms with Crippen molar-refractivity contribution in [1.82, 2.24) is 5.32 Å². The van der Waals surface area contributed by atoms with E-state index in [1.54, 1.807) is 0 Å². The van der Waals surface area contributed by atoms with Gasteiger partial charge in [-0.25, -0.2) is 0 Å². The third-order valence-corrected chi connectivity index (χ3v) is 3.88. The van der Waals surface area contributed by atoms with Crippen LogP contribution in [0.25, 0.3) is 0 Å². The van der Waals surface area contributed by atoms with Gasteiger partial charge in [-0.2, -0.15) is 0 Å². The number of ether oxygens (including phenoxy) is 1. The van der Waals surface area contributed by atoms with Crippen molar-refractivity contribution in [2.75, 3.05) is 25.0 Å². The maximum atomic E-state index is 12.0. The Morgan fingerprint density at radius 2 is 2.22 bits per heavy atom. The first-order valence-electron chi connectivity index (χ1n) is 8.69. The van der Waals surface area contributed by atoms with Crippen LogP contribution in [0, 0.1) is 0 Å². The molecular weight excluding hydrogens is 288 g/mol. The molecule has 0 spiro atoms. The highest BCUT2D eigenvalue weighted by atomic mass is 16.5. The number of hydrogen-bond acceptors (Lipinski definition) is 3. The number of rotatable bonds is 9. The smallest absolute Gasteiger partial charge is 0.238 e. The van der Waals surface area contributed by atoms with Crippen LogP contribution in [0.2, 0.25) is 0 Å². The fraction of sp³-hybridized carbons (Fsp3) is 0.526. The lowest BCUT2D eigenvalue weighted by molar-refractivity contribution is -0.115. The predicted octanol–water partition coefficient (Wildman–Crippen LogP) is 3.89. The molecule has 0 saturated carbocycles. The minimum Gasteiger partial charge on any atom is -0.494 e. The van der Waals surface area contributed by atoms with E-state index in [2.05, 4.69) is 23.6 Å². The number of hydrogen-bond donors (Lipinski definition) is 2. The second kappa shape index (κ2) is 10.1. The second-order valence-electron chi connectivity index (χ2n) is 5.96. The van der Waals surface area contributed by atoms with Crippen LogP contribution in [-0.2, 0) is 4.79 Å². The summed E-state index contributed by atoms with van der Waals surface area (Å²) < 4.78 is 5.57. The summed E-state index contributed by atoms with van der Waals surface area (Å²) in [6, 6.07) is 7.54. The summed E-state index contributed by atoms with van der Waals surface area (Å²) in [6.45, 7) is 3.96. The van der Waals surface area contributed by atoms with E-state index in [9.17, 15) is 4.79 Å². The van der Waals surface area contributed by atoms with Crippen molar-refractivity contribution < 1.29 is 9.53 Å². The summed E-state index contributed by atoms with van der Waals surface area (Å²) in [5.74, 6) is 0.775. The van der Waals surface area contributed by atoms with Gasteiger partial charge >= 0.3 is 0 Å². The third-order valence-electron chi connectivity index (χ3n) is 3.88. The quantitative estimate of drug-likeness (QED) is 0.537. The van der Waals surface area contributed by atoms with Crippen LogP contribution < -0.4 is 15.4 Å². The molecule has 1 aromatic carbocycles. The van der Waals surface area contributed by atoms with E-state index in [4.69, 9.17) is 4.74 Å². The minimum atomic E-state index is -0.0183. The van der Waals surface area contributed by atoms with Crippen LogP contribution in [0.15, 0.2) is 35.9 Å². The first-order chi connectivity index (χ1) is 11.3. The first kappa shape index (κ1) is 17.5. The Morgan fingerprint density at radius 3 is 3.00 bits per heavy atom. The van der Waals surface area contributed by atoms with Gasteiger partial charge < -0.3 is 15.4 Å². The van der Waals surface area contributed by atoms with Crippen molar-refractivity contribution in [2.45, 2.75) is 45.4 Å². The fourth-order valence-electron chi connectivity index (χ4n) is 2.67. The third kappa shape index (κ3) is 6.87. The molecule has 126 valence electrons. The van der Waals surface area contributed by atoms with E-state index in [0.29, 0.717) is 13.2 Å². The first-order valence-corrected chi connectivity index (χ1v) is 8.69. The van der Waals surface area contributed by atoms with Crippen LogP contribution >= 0.6 is 0 Å². The highest BCUT2D eigenvalue weighted by Crippen LogP contribution is 2.19. The highest BCUT2D eigenvalue weighted by Gasteiger charge is 2.05. The Labute approximate surface area is 139 Å². The Bertz CT molecular complexity index is 526. The Morgan fingerprint density at radius 1 is 1.30 bits per heavy atom. The summed E-state index contributed by atoms with van der Waals surface area (Å²) in [4.78, 5) is 12.0. The molecule has 4 nitrogen and oxygen atoms in total. The van der Waals surface area contributed by atoms with Gasteiger partial charge in [-0.1, -0.05) is 24.6 Å². The van der Waals surface area contributed by atoms with E-state index >= 15 is 0 Å². The molecule has 2 rings (SSSR count). The molecule has 0 unspecified atom stereocenters. The molecule has 0 radical (unpaired) electrons. The lowest BCUT2D eigenvalue weighted by atomic mass is 9.97. The molecule has 2 N–H and O–H groups in total. The number of carbonyl (C=O) groups is 1. The molecule has 0 saturated heterocycles. The van der Waals surface area contributed by atoms with Gasteiger partial charge in [0.1, 0.15) is 5.75 Å². The number of amides is 1. The number of nitrogens with one attached hydrogen (secondary N) is 2. The van der Waals surface area contributed by atoms with Crippen molar-refractivity contribution in [2.24, 2.45) is 0 Å². The topological polar surface area (TPSA) is 50.4 Å². The summed E-state index contributed by atoms with van der Waals surface area (Å²) >= 11 is 0. The van der Waals surface area contributed by atoms with Crippen molar-refractivity contribution in [1.29, 1.82) is 0 Å². The number of benzene rings is 1. The van der Waals surface area contributed by atoms with E-state index in [1.807, 2.05) is 24.3 Å². The van der Waals surface area contributed by atoms with Crippen molar-refractivity contribution in [3.63, 3.8) is 0 Å². The van der Waals surface area contributed by atoms with E-state index in [-0.39, 0.29) is 5.91 Å². The van der Waals surface area contributed by atoms with E-state index in [0.717, 1.165) is 30.8 Å². The Balaban J connectivity index is 1.67. The van der Waals surface area contributed by atoms with Gasteiger partial charge in [0, 0.05) is 11.8 Å². The van der Waals surface area contributed by atoms with Gasteiger partial charge in [0.05, 0.1) is 13.2 Å². The maximum absolute atomic E-state index is 12.0. The summed E-state index contributed by atoms with van der Waals surface area (Å²) in [5.41, 5.74) is 2.31. The van der Waals surface area contributed by atoms with E-state index in [1.165, 1.54) is 31.3 Å². The SMILES string of the molecule is CCCOc1cccc(NC(=O)CNCCC2=CCCCC2)c1. The lowest BCUT2D eigenvalue weighted by Gasteiger charge is -2.13. The maximum Gasteiger partial charge on any atom is 0.238 e. The van der Waals surface area contributed by atoms with Gasteiger partial charge in [-0.05, 0) is 57.2 Å². The molecule has 0 bridgehead atoms. The second-order valence-corrected chi connectivity index (χ2v) is 5.96. The molecule has 0 fully saturated rings. The Kier molecular flexibility index (Phi) is 7.67. The molecule has 0 heterocycles. The summed E-state index contributed by atoms with van der Waals surface area (Å²) in [6.07, 6.45) is 9.44. The molecular formula is C19H28N2O2. The van der Waals surface area contributed by atoms with Crippen LogP contribution in [0.4, 0.5) is 5.69 Å². The fourth-order valence-corrected chi connectivity index (χ4v) is 2.67. The molecule has 0 atom stereocenters. The van der Waals surface area contributed by atoms with Crippen LogP contribution in [-0.4, -0.2) is 25.6 Å². The Hall–Kier alpha value is -1.81. The zero-order valence-electron chi connectivity index (χ0n) is 14.1. The minimum absolute atomic E-state index is 0.0183. The van der Waals surface area contributed by atoms with Crippen LogP contribution in [0.5, 0.6) is 5.75 Å². The molecule has 1 aliphatic rings. The van der Waals surface area contributed by atoms with Gasteiger partial charge in [0.25, 0.3) is 0 Å². The molecule has 0 aromatic heterocycles. The van der Waals surface area contributed by atoms with Crippen LogP contribution in [0.1, 0.15) is 45.4 Å². The lowest BCUT2D eigenvalue weighted by Crippen LogP contribution is -2.29. The highest BCUT2D eigenvalue weighted by molar-refractivity contribution is 5.92. The molecule has 23 heavy (non-hydrogen) atoms. The molecule has 0 aliphatic heterocycles. The van der Waals surface area contributed by atoms with Gasteiger partial charge in [0.2, 0.25) is 5.91 Å².